The van der Waals surface area contributed by atoms with Crippen molar-refractivity contribution in [3.63, 3.8) is 0 Å². The number of benzene rings is 2. The third-order valence-electron chi connectivity index (χ3n) is 5.53. The summed E-state index contributed by atoms with van der Waals surface area (Å²) in [4.78, 5) is 17.6. The molecule has 1 saturated heterocycles. The second kappa shape index (κ2) is 10.2. The highest BCUT2D eigenvalue weighted by molar-refractivity contribution is 7.88. The molecule has 2 heterocycles. The Morgan fingerprint density at radius 3 is 2.70 bits per heavy atom. The first-order valence-corrected chi connectivity index (χ1v) is 13.4. The molecule has 1 fully saturated rings. The molecule has 0 spiro atoms. The summed E-state index contributed by atoms with van der Waals surface area (Å²) in [6.45, 7) is 0.305. The quantitative estimate of drug-likeness (QED) is 0.498. The van der Waals surface area contributed by atoms with Gasteiger partial charge in [0.15, 0.2) is 5.13 Å². The summed E-state index contributed by atoms with van der Waals surface area (Å²) in [5.41, 5.74) is 2.15. The summed E-state index contributed by atoms with van der Waals surface area (Å²) in [6.07, 6.45) is 1.96. The van der Waals surface area contributed by atoms with E-state index in [1.54, 1.807) is 31.4 Å². The van der Waals surface area contributed by atoms with Crippen LogP contribution in [0.2, 0.25) is 5.02 Å². The van der Waals surface area contributed by atoms with Crippen LogP contribution in [-0.4, -0.2) is 43.3 Å². The molecule has 1 aliphatic heterocycles. The van der Waals surface area contributed by atoms with Crippen LogP contribution in [0.25, 0.3) is 11.3 Å². The molecule has 1 amide bonds. The molecule has 0 saturated carbocycles. The molecular formula is C23H24ClN3O4S2. The van der Waals surface area contributed by atoms with Gasteiger partial charge in [-0.1, -0.05) is 36.2 Å². The highest BCUT2D eigenvalue weighted by Gasteiger charge is 2.37. The molecule has 0 aliphatic carbocycles. The first-order valence-electron chi connectivity index (χ1n) is 10.5. The van der Waals surface area contributed by atoms with Crippen molar-refractivity contribution >= 4 is 44.0 Å². The number of anilines is 1. The molecule has 4 rings (SSSR count). The number of ether oxygens (including phenoxy) is 1. The number of piperidine rings is 1. The van der Waals surface area contributed by atoms with E-state index >= 15 is 0 Å². The van der Waals surface area contributed by atoms with E-state index in [9.17, 15) is 13.2 Å². The van der Waals surface area contributed by atoms with Gasteiger partial charge in [-0.05, 0) is 48.7 Å². The van der Waals surface area contributed by atoms with Crippen molar-refractivity contribution in [3.8, 4) is 17.0 Å². The maximum absolute atomic E-state index is 13.2. The van der Waals surface area contributed by atoms with Gasteiger partial charge >= 0.3 is 0 Å². The Labute approximate surface area is 202 Å². The highest BCUT2D eigenvalue weighted by Crippen LogP contribution is 2.29. The van der Waals surface area contributed by atoms with Gasteiger partial charge in [-0.2, -0.15) is 4.31 Å². The monoisotopic (exact) mass is 505 g/mol. The molecule has 10 heteroatoms. The number of sulfonamides is 1. The Bertz CT molecular complexity index is 1230. The summed E-state index contributed by atoms with van der Waals surface area (Å²) in [6, 6.07) is 13.6. The molecule has 1 aliphatic rings. The van der Waals surface area contributed by atoms with Gasteiger partial charge in [-0.15, -0.1) is 11.3 Å². The van der Waals surface area contributed by atoms with E-state index in [-0.39, 0.29) is 11.7 Å². The third-order valence-corrected chi connectivity index (χ3v) is 8.48. The Balaban J connectivity index is 1.48. The minimum Gasteiger partial charge on any atom is -0.497 e. The Kier molecular flexibility index (Phi) is 7.33. The minimum atomic E-state index is -3.73. The molecule has 2 aromatic carbocycles. The number of halogens is 1. The number of rotatable bonds is 7. The van der Waals surface area contributed by atoms with Crippen LogP contribution in [0.4, 0.5) is 5.13 Å². The number of carbonyl (C=O) groups is 1. The van der Waals surface area contributed by atoms with Crippen molar-refractivity contribution in [1.82, 2.24) is 9.29 Å². The van der Waals surface area contributed by atoms with Crippen LogP contribution in [0.1, 0.15) is 24.8 Å². The predicted octanol–water partition coefficient (Wildman–Crippen LogP) is 4.80. The van der Waals surface area contributed by atoms with Crippen molar-refractivity contribution < 1.29 is 17.9 Å². The number of aromatic nitrogens is 1. The van der Waals surface area contributed by atoms with Crippen molar-refractivity contribution in [1.29, 1.82) is 0 Å². The first kappa shape index (κ1) is 23.7. The van der Waals surface area contributed by atoms with Crippen molar-refractivity contribution in [2.24, 2.45) is 0 Å². The Morgan fingerprint density at radius 2 is 1.97 bits per heavy atom. The maximum atomic E-state index is 13.2. The molecule has 1 aromatic heterocycles. The van der Waals surface area contributed by atoms with E-state index in [4.69, 9.17) is 16.3 Å². The van der Waals surface area contributed by atoms with E-state index < -0.39 is 16.1 Å². The molecule has 1 atom stereocenters. The molecule has 0 radical (unpaired) electrons. The van der Waals surface area contributed by atoms with Crippen molar-refractivity contribution in [2.45, 2.75) is 31.1 Å². The molecule has 1 N–H and O–H groups in total. The van der Waals surface area contributed by atoms with Crippen LogP contribution in [0.15, 0.2) is 53.9 Å². The first-order chi connectivity index (χ1) is 15.9. The summed E-state index contributed by atoms with van der Waals surface area (Å²) in [5, 5.41) is 5.49. The van der Waals surface area contributed by atoms with Gasteiger partial charge in [0.25, 0.3) is 0 Å². The van der Waals surface area contributed by atoms with Crippen LogP contribution in [-0.2, 0) is 20.6 Å². The van der Waals surface area contributed by atoms with Gasteiger partial charge in [0.05, 0.1) is 18.6 Å². The number of amides is 1. The van der Waals surface area contributed by atoms with Gasteiger partial charge in [0.2, 0.25) is 15.9 Å². The average molecular weight is 506 g/mol. The zero-order valence-electron chi connectivity index (χ0n) is 18.0. The Morgan fingerprint density at radius 1 is 1.21 bits per heavy atom. The molecule has 0 unspecified atom stereocenters. The van der Waals surface area contributed by atoms with E-state index in [1.165, 1.54) is 15.6 Å². The number of nitrogens with one attached hydrogen (secondary N) is 1. The van der Waals surface area contributed by atoms with Gasteiger partial charge in [-0.25, -0.2) is 13.4 Å². The van der Waals surface area contributed by atoms with E-state index in [1.807, 2.05) is 29.6 Å². The highest BCUT2D eigenvalue weighted by atomic mass is 35.5. The number of hydrogen-bond donors (Lipinski definition) is 1. The standard InChI is InChI=1S/C23H24ClN3O4S2/c1-31-18-11-9-16(10-12-18)20-14-32-23(25-20)26-22(28)21-8-4-5-13-27(21)33(29,30)15-17-6-2-3-7-19(17)24/h2-3,6-7,9-12,14,21H,4-5,8,13,15H2,1H3,(H,25,26,28)/t21-/m1/s1. The molecular weight excluding hydrogens is 482 g/mol. The van der Waals surface area contributed by atoms with Crippen LogP contribution in [0.5, 0.6) is 5.75 Å². The summed E-state index contributed by atoms with van der Waals surface area (Å²) < 4.78 is 32.8. The van der Waals surface area contributed by atoms with E-state index in [2.05, 4.69) is 10.3 Å². The zero-order valence-corrected chi connectivity index (χ0v) is 20.4. The Hall–Kier alpha value is -2.46. The summed E-state index contributed by atoms with van der Waals surface area (Å²) in [7, 11) is -2.12. The zero-order chi connectivity index (χ0) is 23.4. The van der Waals surface area contributed by atoms with Gasteiger partial charge in [0, 0.05) is 22.5 Å². The lowest BCUT2D eigenvalue weighted by Gasteiger charge is -2.33. The number of thiazole rings is 1. The van der Waals surface area contributed by atoms with Gasteiger partial charge in [-0.3, -0.25) is 4.79 Å². The molecule has 7 nitrogen and oxygen atoms in total. The third kappa shape index (κ3) is 5.55. The molecule has 174 valence electrons. The van der Waals surface area contributed by atoms with Crippen LogP contribution < -0.4 is 10.1 Å². The second-order valence-electron chi connectivity index (χ2n) is 7.73. The predicted molar refractivity (Wildman–Crippen MR) is 131 cm³/mol. The van der Waals surface area contributed by atoms with Crippen LogP contribution in [0.3, 0.4) is 0 Å². The van der Waals surface area contributed by atoms with Crippen molar-refractivity contribution in [3.05, 3.63) is 64.5 Å². The van der Waals surface area contributed by atoms with Crippen molar-refractivity contribution in [2.75, 3.05) is 19.0 Å². The largest absolute Gasteiger partial charge is 0.497 e. The van der Waals surface area contributed by atoms with E-state index in [0.29, 0.717) is 35.1 Å². The number of nitrogens with zero attached hydrogens (tertiary/aromatic N) is 2. The average Bonchev–Trinajstić information content (AvgIpc) is 3.29. The fourth-order valence-corrected chi connectivity index (χ4v) is 6.62. The smallest absolute Gasteiger partial charge is 0.244 e. The fourth-order valence-electron chi connectivity index (χ4n) is 3.81. The summed E-state index contributed by atoms with van der Waals surface area (Å²) in [5.74, 6) is 0.140. The lowest BCUT2D eigenvalue weighted by atomic mass is 10.0. The number of hydrogen-bond acceptors (Lipinski definition) is 6. The maximum Gasteiger partial charge on any atom is 0.244 e. The minimum absolute atomic E-state index is 0.241. The number of methoxy groups -OCH3 is 1. The summed E-state index contributed by atoms with van der Waals surface area (Å²) >= 11 is 7.47. The van der Waals surface area contributed by atoms with Crippen LogP contribution in [0, 0.1) is 0 Å². The van der Waals surface area contributed by atoms with Gasteiger partial charge in [0.1, 0.15) is 11.8 Å². The topological polar surface area (TPSA) is 88.6 Å². The fraction of sp³-hybridized carbons (Fsp3) is 0.304. The lowest BCUT2D eigenvalue weighted by molar-refractivity contribution is -0.120. The SMILES string of the molecule is COc1ccc(-c2csc(NC(=O)[C@H]3CCCCN3S(=O)(=O)Cc3ccccc3Cl)n2)cc1. The normalized spacial score (nSPS) is 17.0. The lowest BCUT2D eigenvalue weighted by Crippen LogP contribution is -2.50. The molecule has 3 aromatic rings. The van der Waals surface area contributed by atoms with E-state index in [0.717, 1.165) is 23.4 Å². The molecule has 33 heavy (non-hydrogen) atoms. The van der Waals surface area contributed by atoms with Gasteiger partial charge < -0.3 is 10.1 Å². The number of carbonyl (C=O) groups excluding carboxylic acids is 1. The van der Waals surface area contributed by atoms with Crippen LogP contribution >= 0.6 is 22.9 Å². The molecule has 0 bridgehead atoms. The second-order valence-corrected chi connectivity index (χ2v) is 10.9.